The molecule has 0 atom stereocenters. The van der Waals surface area contributed by atoms with E-state index in [0.29, 0.717) is 27.5 Å². The predicted molar refractivity (Wildman–Crippen MR) is 60.6 cm³/mol. The molecule has 0 aliphatic heterocycles. The van der Waals surface area contributed by atoms with Crippen molar-refractivity contribution in [2.24, 2.45) is 0 Å². The average Bonchev–Trinajstić information content (AvgIpc) is 2.58. The molecule has 1 heterocycles. The Hall–Kier alpha value is -1.33. The molecule has 2 rings (SSSR count). The monoisotopic (exact) mass is 241 g/mol. The summed E-state index contributed by atoms with van der Waals surface area (Å²) < 4.78 is 9.44. The Morgan fingerprint density at radius 3 is 2.87 bits per heavy atom. The standard InChI is InChI=1S/C9H8ClN3OS/c1-5-12-9(15-13-5)14-8-6(10)3-2-4-7(8)11/h2-4H,11H2,1H3. The molecule has 0 unspecified atom stereocenters. The van der Waals surface area contributed by atoms with Crippen LogP contribution >= 0.6 is 23.1 Å². The predicted octanol–water partition coefficient (Wildman–Crippen LogP) is 2.87. The van der Waals surface area contributed by atoms with Gasteiger partial charge in [-0.15, -0.1) is 0 Å². The fourth-order valence-electron chi connectivity index (χ4n) is 1.04. The molecule has 0 spiro atoms. The van der Waals surface area contributed by atoms with Gasteiger partial charge in [0.2, 0.25) is 0 Å². The van der Waals surface area contributed by atoms with Gasteiger partial charge in [0.05, 0.1) is 10.7 Å². The minimum absolute atomic E-state index is 0.426. The number of nitrogens with zero attached hydrogens (tertiary/aromatic N) is 2. The molecule has 0 bridgehead atoms. The van der Waals surface area contributed by atoms with Crippen LogP contribution in [0.4, 0.5) is 5.69 Å². The van der Waals surface area contributed by atoms with Crippen molar-refractivity contribution in [1.82, 2.24) is 9.36 Å². The molecule has 2 aromatic rings. The third-order valence-electron chi connectivity index (χ3n) is 1.70. The van der Waals surface area contributed by atoms with Crippen LogP contribution in [0, 0.1) is 6.92 Å². The molecule has 2 N–H and O–H groups in total. The van der Waals surface area contributed by atoms with Crippen LogP contribution in [0.1, 0.15) is 5.82 Å². The first-order chi connectivity index (χ1) is 7.16. The molecule has 0 aliphatic carbocycles. The van der Waals surface area contributed by atoms with E-state index in [4.69, 9.17) is 22.1 Å². The molecule has 1 aromatic heterocycles. The van der Waals surface area contributed by atoms with E-state index < -0.39 is 0 Å². The smallest absolute Gasteiger partial charge is 0.298 e. The third kappa shape index (κ3) is 2.19. The van der Waals surface area contributed by atoms with Gasteiger partial charge in [-0.05, 0) is 19.1 Å². The molecule has 6 heteroatoms. The highest BCUT2D eigenvalue weighted by Gasteiger charge is 2.09. The number of benzene rings is 1. The van der Waals surface area contributed by atoms with Gasteiger partial charge >= 0.3 is 0 Å². The number of rotatable bonds is 2. The highest BCUT2D eigenvalue weighted by atomic mass is 35.5. The molecule has 0 aliphatic rings. The average molecular weight is 242 g/mol. The summed E-state index contributed by atoms with van der Waals surface area (Å²) in [7, 11) is 0. The van der Waals surface area contributed by atoms with Gasteiger partial charge in [0.25, 0.3) is 5.19 Å². The number of aryl methyl sites for hydroxylation is 1. The number of aromatic nitrogens is 2. The fraction of sp³-hybridized carbons (Fsp3) is 0.111. The molecule has 4 nitrogen and oxygen atoms in total. The third-order valence-corrected chi connectivity index (χ3v) is 2.68. The Morgan fingerprint density at radius 1 is 1.47 bits per heavy atom. The van der Waals surface area contributed by atoms with Gasteiger partial charge in [0.15, 0.2) is 5.75 Å². The molecular weight excluding hydrogens is 234 g/mol. The van der Waals surface area contributed by atoms with E-state index in [-0.39, 0.29) is 0 Å². The van der Waals surface area contributed by atoms with E-state index >= 15 is 0 Å². The SMILES string of the molecule is Cc1nsc(Oc2c(N)cccc2Cl)n1. The van der Waals surface area contributed by atoms with Gasteiger partial charge in [0, 0.05) is 11.5 Å². The Balaban J connectivity index is 2.31. The number of para-hydroxylation sites is 1. The molecule has 1 aromatic carbocycles. The van der Waals surface area contributed by atoms with Crippen LogP contribution < -0.4 is 10.5 Å². The van der Waals surface area contributed by atoms with Crippen molar-refractivity contribution in [2.45, 2.75) is 6.92 Å². The quantitative estimate of drug-likeness (QED) is 0.822. The molecule has 78 valence electrons. The van der Waals surface area contributed by atoms with E-state index in [1.165, 1.54) is 0 Å². The maximum absolute atomic E-state index is 5.94. The molecule has 0 radical (unpaired) electrons. The van der Waals surface area contributed by atoms with Crippen molar-refractivity contribution in [1.29, 1.82) is 0 Å². The molecular formula is C9H8ClN3OS. The van der Waals surface area contributed by atoms with Gasteiger partial charge in [-0.3, -0.25) is 0 Å². The highest BCUT2D eigenvalue weighted by Crippen LogP contribution is 2.34. The summed E-state index contributed by atoms with van der Waals surface area (Å²) in [5, 5.41) is 0.898. The minimum Gasteiger partial charge on any atom is -0.426 e. The summed E-state index contributed by atoms with van der Waals surface area (Å²) in [4.78, 5) is 4.06. The lowest BCUT2D eigenvalue weighted by atomic mass is 10.3. The van der Waals surface area contributed by atoms with E-state index in [1.54, 1.807) is 25.1 Å². The second-order valence-electron chi connectivity index (χ2n) is 2.87. The number of anilines is 1. The molecule has 0 saturated carbocycles. The van der Waals surface area contributed by atoms with Gasteiger partial charge in [0.1, 0.15) is 5.82 Å². The second-order valence-corrected chi connectivity index (χ2v) is 3.99. The van der Waals surface area contributed by atoms with E-state index in [9.17, 15) is 0 Å². The Labute approximate surface area is 95.8 Å². The maximum Gasteiger partial charge on any atom is 0.298 e. The first kappa shape index (κ1) is 10.2. The Bertz CT molecular complexity index is 466. The number of nitrogens with two attached hydrogens (primary N) is 1. The van der Waals surface area contributed by atoms with Crippen LogP contribution in [-0.4, -0.2) is 9.36 Å². The lowest BCUT2D eigenvalue weighted by molar-refractivity contribution is 0.480. The zero-order valence-corrected chi connectivity index (χ0v) is 9.47. The second kappa shape index (κ2) is 4.04. The van der Waals surface area contributed by atoms with E-state index in [0.717, 1.165) is 11.5 Å². The topological polar surface area (TPSA) is 61.0 Å². The first-order valence-corrected chi connectivity index (χ1v) is 5.34. The van der Waals surface area contributed by atoms with Crippen LogP contribution in [0.5, 0.6) is 10.9 Å². The lowest BCUT2D eigenvalue weighted by Gasteiger charge is -2.06. The molecule has 0 amide bonds. The number of nitrogen functional groups attached to an aromatic ring is 1. The summed E-state index contributed by atoms with van der Waals surface area (Å²) in [6, 6.07) is 5.19. The summed E-state index contributed by atoms with van der Waals surface area (Å²) in [5.74, 6) is 1.09. The van der Waals surface area contributed by atoms with Crippen molar-refractivity contribution in [3.63, 3.8) is 0 Å². The van der Waals surface area contributed by atoms with Crippen LogP contribution in [0.2, 0.25) is 5.02 Å². The summed E-state index contributed by atoms with van der Waals surface area (Å²) in [6.45, 7) is 1.79. The van der Waals surface area contributed by atoms with Crippen LogP contribution in [0.25, 0.3) is 0 Å². The highest BCUT2D eigenvalue weighted by molar-refractivity contribution is 7.07. The number of halogens is 1. The summed E-state index contributed by atoms with van der Waals surface area (Å²) >= 11 is 7.10. The van der Waals surface area contributed by atoms with Crippen LogP contribution in [-0.2, 0) is 0 Å². The zero-order chi connectivity index (χ0) is 10.8. The van der Waals surface area contributed by atoms with Gasteiger partial charge in [-0.1, -0.05) is 17.7 Å². The van der Waals surface area contributed by atoms with Gasteiger partial charge in [-0.2, -0.15) is 9.36 Å². The lowest BCUT2D eigenvalue weighted by Crippen LogP contribution is -1.92. The van der Waals surface area contributed by atoms with Crippen molar-refractivity contribution >= 4 is 28.8 Å². The number of hydrogen-bond acceptors (Lipinski definition) is 5. The first-order valence-electron chi connectivity index (χ1n) is 4.19. The van der Waals surface area contributed by atoms with Gasteiger partial charge < -0.3 is 10.5 Å². The normalized spacial score (nSPS) is 10.3. The van der Waals surface area contributed by atoms with Crippen LogP contribution in [0.15, 0.2) is 18.2 Å². The van der Waals surface area contributed by atoms with E-state index in [2.05, 4.69) is 9.36 Å². The zero-order valence-electron chi connectivity index (χ0n) is 7.90. The number of ether oxygens (including phenoxy) is 1. The van der Waals surface area contributed by atoms with Crippen molar-refractivity contribution < 1.29 is 4.74 Å². The van der Waals surface area contributed by atoms with Gasteiger partial charge in [-0.25, -0.2) is 0 Å². The molecule has 15 heavy (non-hydrogen) atoms. The number of hydrogen-bond donors (Lipinski definition) is 1. The molecule has 0 fully saturated rings. The summed E-state index contributed by atoms with van der Waals surface area (Å²) in [5.41, 5.74) is 6.20. The van der Waals surface area contributed by atoms with Crippen molar-refractivity contribution in [3.8, 4) is 10.9 Å². The van der Waals surface area contributed by atoms with E-state index in [1.807, 2.05) is 0 Å². The fourth-order valence-corrected chi connectivity index (χ4v) is 1.80. The van der Waals surface area contributed by atoms with Crippen molar-refractivity contribution in [3.05, 3.63) is 29.0 Å². The van der Waals surface area contributed by atoms with Crippen molar-refractivity contribution in [2.75, 3.05) is 5.73 Å². The maximum atomic E-state index is 5.94. The summed E-state index contributed by atoms with van der Waals surface area (Å²) in [6.07, 6.45) is 0. The Morgan fingerprint density at radius 2 is 2.27 bits per heavy atom. The molecule has 0 saturated heterocycles. The largest absolute Gasteiger partial charge is 0.426 e. The minimum atomic E-state index is 0.426. The van der Waals surface area contributed by atoms with Crippen LogP contribution in [0.3, 0.4) is 0 Å². The Kier molecular flexibility index (Phi) is 2.75.